The number of likely N-dealkylation sites (tertiary alicyclic amines) is 1. The molecule has 0 aliphatic carbocycles. The van der Waals surface area contributed by atoms with Gasteiger partial charge in [0.1, 0.15) is 17.0 Å². The number of fused-ring (bicyclic) bond motifs is 1. The molecule has 2 N–H and O–H groups in total. The Balaban J connectivity index is 0.00000108. The molecular weight excluding hydrogens is 477 g/mol. The number of benzene rings is 1. The lowest BCUT2D eigenvalue weighted by molar-refractivity contribution is -0.138. The van der Waals surface area contributed by atoms with Crippen molar-refractivity contribution in [1.82, 2.24) is 20.1 Å². The fraction of sp³-hybridized carbons (Fsp3) is 0.364. The van der Waals surface area contributed by atoms with Crippen molar-refractivity contribution in [1.29, 1.82) is 0 Å². The Bertz CT molecular complexity index is 1160. The third kappa shape index (κ3) is 6.50. The van der Waals surface area contributed by atoms with Gasteiger partial charge >= 0.3 is 12.8 Å². The maximum absolute atomic E-state index is 13.1. The molecule has 0 spiro atoms. The number of nitrogens with zero attached hydrogens (tertiary/aromatic N) is 4. The second kappa shape index (κ2) is 11.2. The number of ether oxygens (including phenoxy) is 1. The van der Waals surface area contributed by atoms with Crippen LogP contribution in [-0.4, -0.2) is 64.5 Å². The van der Waals surface area contributed by atoms with E-state index in [0.717, 1.165) is 38.1 Å². The van der Waals surface area contributed by atoms with E-state index in [-0.39, 0.29) is 23.8 Å². The molecule has 0 unspecified atom stereocenters. The molecule has 8 nitrogen and oxygen atoms in total. The number of piperidine rings is 1. The monoisotopic (exact) mass is 499 g/mol. The second-order valence-electron chi connectivity index (χ2n) is 7.74. The number of rotatable bonds is 5. The minimum atomic E-state index is -4.71. The molecule has 3 heterocycles. The van der Waals surface area contributed by atoms with E-state index >= 15 is 0 Å². The molecule has 4 rings (SSSR count). The summed E-state index contributed by atoms with van der Waals surface area (Å²) in [4.78, 5) is 14.9. The number of carboxylic acid groups (broad SMARTS) is 1. The van der Waals surface area contributed by atoms with Crippen LogP contribution in [0.1, 0.15) is 18.4 Å². The van der Waals surface area contributed by atoms with Crippen LogP contribution >= 0.6 is 0 Å². The number of nitrogens with one attached hydrogen (secondary N) is 1. The topological polar surface area (TPSA) is 100 Å². The first-order valence-corrected chi connectivity index (χ1v) is 10.4. The third-order valence-electron chi connectivity index (χ3n) is 5.28. The highest BCUT2D eigenvalue weighted by Crippen LogP contribution is 2.39. The van der Waals surface area contributed by atoms with Crippen LogP contribution in [-0.2, 0) is 11.0 Å². The molecule has 1 aliphatic rings. The van der Waals surface area contributed by atoms with E-state index < -0.39 is 24.1 Å². The van der Waals surface area contributed by atoms with Crippen LogP contribution in [0.3, 0.4) is 0 Å². The quantitative estimate of drug-likeness (QED) is 0.391. The third-order valence-corrected chi connectivity index (χ3v) is 5.28. The van der Waals surface area contributed by atoms with E-state index in [4.69, 9.17) is 9.90 Å². The Hall–Kier alpha value is -3.61. The predicted octanol–water partition coefficient (Wildman–Crippen LogP) is 4.52. The molecule has 188 valence electrons. The van der Waals surface area contributed by atoms with Crippen molar-refractivity contribution in [3.63, 3.8) is 0 Å². The van der Waals surface area contributed by atoms with Gasteiger partial charge < -0.3 is 20.1 Å². The zero-order chi connectivity index (χ0) is 25.6. The lowest BCUT2D eigenvalue weighted by Crippen LogP contribution is -2.40. The number of halogens is 5. The number of aromatic nitrogens is 3. The van der Waals surface area contributed by atoms with Gasteiger partial charge in [0.2, 0.25) is 0 Å². The van der Waals surface area contributed by atoms with E-state index in [1.54, 1.807) is 18.3 Å². The van der Waals surface area contributed by atoms with Crippen LogP contribution in [0.4, 0.5) is 27.8 Å². The number of anilines is 1. The fourth-order valence-electron chi connectivity index (χ4n) is 3.85. The summed E-state index contributed by atoms with van der Waals surface area (Å²) in [6.45, 7) is -1.75. The molecular formula is C22H22F5N5O3. The summed E-state index contributed by atoms with van der Waals surface area (Å²) in [5.74, 6) is -0.211. The number of carbonyl (C=O) groups is 1. The van der Waals surface area contributed by atoms with Crippen molar-refractivity contribution in [2.24, 2.45) is 0 Å². The molecule has 0 saturated carbocycles. The largest absolute Gasteiger partial charge is 0.483 e. The molecule has 13 heteroatoms. The van der Waals surface area contributed by atoms with Gasteiger partial charge in [-0.25, -0.2) is 0 Å². The molecule has 1 aromatic carbocycles. The highest BCUT2D eigenvalue weighted by atomic mass is 19.4. The van der Waals surface area contributed by atoms with Crippen molar-refractivity contribution >= 4 is 23.2 Å². The smallest absolute Gasteiger partial charge is 0.416 e. The van der Waals surface area contributed by atoms with Crippen LogP contribution in [0.25, 0.3) is 22.2 Å². The van der Waals surface area contributed by atoms with Gasteiger partial charge in [0.05, 0.1) is 5.56 Å². The van der Waals surface area contributed by atoms with Crippen LogP contribution in [0.15, 0.2) is 36.5 Å². The van der Waals surface area contributed by atoms with E-state index in [1.807, 2.05) is 7.05 Å². The number of hydrogen-bond donors (Lipinski definition) is 2. The number of alkyl halides is 5. The average molecular weight is 499 g/mol. The zero-order valence-corrected chi connectivity index (χ0v) is 18.5. The van der Waals surface area contributed by atoms with Crippen molar-refractivity contribution in [3.8, 4) is 17.0 Å². The van der Waals surface area contributed by atoms with Gasteiger partial charge in [-0.05, 0) is 56.8 Å². The van der Waals surface area contributed by atoms with Gasteiger partial charge in [-0.2, -0.15) is 22.0 Å². The molecule has 0 amide bonds. The minimum absolute atomic E-state index is 0.0345. The SMILES string of the molecule is CN1CCC[C@@H](Nc2nnc(-c3ccc(C(F)(F)F)cc3OC(F)F)c3cccnc23)C1.O=CO. The van der Waals surface area contributed by atoms with E-state index in [1.165, 1.54) is 0 Å². The lowest BCUT2D eigenvalue weighted by Gasteiger charge is -2.30. The first kappa shape index (κ1) is 26.0. The molecule has 0 bridgehead atoms. The summed E-state index contributed by atoms with van der Waals surface area (Å²) < 4.78 is 69.6. The van der Waals surface area contributed by atoms with Crippen molar-refractivity contribution in [2.45, 2.75) is 31.7 Å². The average Bonchev–Trinajstić information content (AvgIpc) is 2.79. The molecule has 0 radical (unpaired) electrons. The molecule has 2 aromatic heterocycles. The Morgan fingerprint density at radius 1 is 1.26 bits per heavy atom. The summed E-state index contributed by atoms with van der Waals surface area (Å²) in [5, 5.41) is 19.0. The van der Waals surface area contributed by atoms with Crippen molar-refractivity contribution in [3.05, 3.63) is 42.1 Å². The molecule has 35 heavy (non-hydrogen) atoms. The second-order valence-corrected chi connectivity index (χ2v) is 7.74. The van der Waals surface area contributed by atoms with Gasteiger partial charge in [0, 0.05) is 29.7 Å². The van der Waals surface area contributed by atoms with Crippen LogP contribution in [0.2, 0.25) is 0 Å². The highest BCUT2D eigenvalue weighted by molar-refractivity contribution is 5.98. The van der Waals surface area contributed by atoms with Crippen LogP contribution in [0.5, 0.6) is 5.75 Å². The van der Waals surface area contributed by atoms with Gasteiger partial charge in [-0.3, -0.25) is 9.78 Å². The molecule has 1 aliphatic heterocycles. The first-order chi connectivity index (χ1) is 16.6. The molecule has 1 saturated heterocycles. The van der Waals surface area contributed by atoms with Crippen molar-refractivity contribution in [2.75, 3.05) is 25.5 Å². The number of likely N-dealkylation sites (N-methyl/N-ethyl adjacent to an activating group) is 1. The summed E-state index contributed by atoms with van der Waals surface area (Å²) in [5.41, 5.74) is -0.600. The summed E-state index contributed by atoms with van der Waals surface area (Å²) in [6.07, 6.45) is -1.21. The van der Waals surface area contributed by atoms with Crippen molar-refractivity contribution < 1.29 is 36.6 Å². The fourth-order valence-corrected chi connectivity index (χ4v) is 3.85. The van der Waals surface area contributed by atoms with E-state index in [9.17, 15) is 22.0 Å². The maximum atomic E-state index is 13.1. The minimum Gasteiger partial charge on any atom is -0.483 e. The normalized spacial score (nSPS) is 16.5. The standard InChI is InChI=1S/C21H20F5N5O.CH2O2/c1-31-9-3-4-13(11-31)28-19-18-15(5-2-8-27-18)17(29-30-19)14-7-6-12(21(24,25)26)10-16(14)32-20(22)23;2-1-3/h2,5-8,10,13,20H,3-4,9,11H2,1H3,(H,28,30);1H,(H,2,3)/t13-;/m1./s1. The Morgan fingerprint density at radius 2 is 2.00 bits per heavy atom. The van der Waals surface area contributed by atoms with E-state index in [0.29, 0.717) is 22.8 Å². The Labute approximate surface area is 196 Å². The first-order valence-electron chi connectivity index (χ1n) is 10.4. The predicted molar refractivity (Wildman–Crippen MR) is 117 cm³/mol. The lowest BCUT2D eigenvalue weighted by atomic mass is 10.0. The maximum Gasteiger partial charge on any atom is 0.416 e. The molecule has 3 aromatic rings. The van der Waals surface area contributed by atoms with Gasteiger partial charge in [-0.1, -0.05) is 0 Å². The molecule has 1 atom stereocenters. The summed E-state index contributed by atoms with van der Waals surface area (Å²) in [6, 6.07) is 5.80. The van der Waals surface area contributed by atoms with Gasteiger partial charge in [0.25, 0.3) is 6.47 Å². The summed E-state index contributed by atoms with van der Waals surface area (Å²) >= 11 is 0. The van der Waals surface area contributed by atoms with Crippen LogP contribution in [0, 0.1) is 0 Å². The Morgan fingerprint density at radius 3 is 2.66 bits per heavy atom. The van der Waals surface area contributed by atoms with Crippen LogP contribution < -0.4 is 10.1 Å². The van der Waals surface area contributed by atoms with E-state index in [2.05, 4.69) is 30.1 Å². The van der Waals surface area contributed by atoms with Gasteiger partial charge in [-0.15, -0.1) is 10.2 Å². The van der Waals surface area contributed by atoms with Gasteiger partial charge in [0.15, 0.2) is 5.82 Å². The Kier molecular flexibility index (Phi) is 8.33. The molecule has 1 fully saturated rings. The zero-order valence-electron chi connectivity index (χ0n) is 18.5. The number of pyridine rings is 1. The highest BCUT2D eigenvalue weighted by Gasteiger charge is 2.32. The summed E-state index contributed by atoms with van der Waals surface area (Å²) in [7, 11) is 2.02. The number of hydrogen-bond acceptors (Lipinski definition) is 7.